The van der Waals surface area contributed by atoms with Gasteiger partial charge in [0.2, 0.25) is 5.91 Å². The summed E-state index contributed by atoms with van der Waals surface area (Å²) in [4.78, 5) is 13.4. The number of hydrogen-bond donors (Lipinski definition) is 1. The van der Waals surface area contributed by atoms with Crippen LogP contribution in [0.4, 0.5) is 5.69 Å². The molecule has 0 atom stereocenters. The predicted molar refractivity (Wildman–Crippen MR) is 67.5 cm³/mol. The Kier molecular flexibility index (Phi) is 4.50. The Bertz CT molecular complexity index is 374. The molecule has 1 amide bonds. The maximum Gasteiger partial charge on any atom is 0.221 e. The highest BCUT2D eigenvalue weighted by molar-refractivity contribution is 5.90. The van der Waals surface area contributed by atoms with Crippen molar-refractivity contribution in [1.82, 2.24) is 4.90 Å². The molecule has 1 N–H and O–H groups in total. The number of nitrogens with zero attached hydrogens (tertiary/aromatic N) is 1. The second kappa shape index (κ2) is 5.66. The summed E-state index contributed by atoms with van der Waals surface area (Å²) in [6.07, 6.45) is 0. The monoisotopic (exact) mass is 220 g/mol. The Morgan fingerprint density at radius 3 is 2.69 bits per heavy atom. The minimum atomic E-state index is -0.0188. The average molecular weight is 220 g/mol. The first kappa shape index (κ1) is 12.7. The zero-order valence-corrected chi connectivity index (χ0v) is 10.5. The van der Waals surface area contributed by atoms with Crippen LogP contribution in [-0.2, 0) is 11.3 Å². The number of nitrogens with one attached hydrogen (secondary N) is 1. The van der Waals surface area contributed by atoms with E-state index in [4.69, 9.17) is 0 Å². The average Bonchev–Trinajstić information content (AvgIpc) is 2.22. The molecule has 0 radical (unpaired) electrons. The van der Waals surface area contributed by atoms with Crippen molar-refractivity contribution in [2.24, 2.45) is 0 Å². The number of hydrogen-bond acceptors (Lipinski definition) is 2. The highest BCUT2D eigenvalue weighted by Gasteiger charge is 2.08. The smallest absolute Gasteiger partial charge is 0.221 e. The van der Waals surface area contributed by atoms with E-state index in [0.29, 0.717) is 0 Å². The number of amides is 1. The first-order valence-electron chi connectivity index (χ1n) is 5.59. The molecule has 0 heterocycles. The fourth-order valence-electron chi connectivity index (χ4n) is 1.62. The van der Waals surface area contributed by atoms with E-state index in [0.717, 1.165) is 24.3 Å². The van der Waals surface area contributed by atoms with Crippen LogP contribution in [0.25, 0.3) is 0 Å². The van der Waals surface area contributed by atoms with E-state index in [1.807, 2.05) is 19.1 Å². The Morgan fingerprint density at radius 1 is 1.44 bits per heavy atom. The van der Waals surface area contributed by atoms with E-state index < -0.39 is 0 Å². The van der Waals surface area contributed by atoms with Gasteiger partial charge in [0, 0.05) is 19.2 Å². The van der Waals surface area contributed by atoms with E-state index >= 15 is 0 Å². The van der Waals surface area contributed by atoms with Crippen molar-refractivity contribution in [3.63, 3.8) is 0 Å². The van der Waals surface area contributed by atoms with Crippen LogP contribution in [-0.4, -0.2) is 24.4 Å². The molecule has 1 aromatic rings. The van der Waals surface area contributed by atoms with Gasteiger partial charge < -0.3 is 10.2 Å². The van der Waals surface area contributed by atoms with Gasteiger partial charge in [0.25, 0.3) is 0 Å². The van der Waals surface area contributed by atoms with E-state index in [1.165, 1.54) is 5.56 Å². The minimum Gasteiger partial charge on any atom is -0.326 e. The van der Waals surface area contributed by atoms with Crippen LogP contribution in [0.1, 0.15) is 25.0 Å². The van der Waals surface area contributed by atoms with Crippen molar-refractivity contribution in [3.8, 4) is 0 Å². The zero-order chi connectivity index (χ0) is 12.1. The van der Waals surface area contributed by atoms with Gasteiger partial charge in [0.1, 0.15) is 0 Å². The molecule has 0 saturated carbocycles. The lowest BCUT2D eigenvalue weighted by atomic mass is 10.1. The van der Waals surface area contributed by atoms with Crippen molar-refractivity contribution in [3.05, 3.63) is 29.3 Å². The second-order valence-corrected chi connectivity index (χ2v) is 4.12. The van der Waals surface area contributed by atoms with Gasteiger partial charge in [0.15, 0.2) is 0 Å². The molecule has 0 bridgehead atoms. The number of carbonyl (C=O) groups is 1. The van der Waals surface area contributed by atoms with Crippen LogP contribution in [0.15, 0.2) is 18.2 Å². The van der Waals surface area contributed by atoms with E-state index in [2.05, 4.69) is 30.3 Å². The van der Waals surface area contributed by atoms with E-state index in [-0.39, 0.29) is 5.91 Å². The predicted octanol–water partition coefficient (Wildman–Crippen LogP) is 2.41. The third kappa shape index (κ3) is 3.35. The van der Waals surface area contributed by atoms with Crippen LogP contribution in [0.2, 0.25) is 0 Å². The van der Waals surface area contributed by atoms with Gasteiger partial charge >= 0.3 is 0 Å². The number of carbonyl (C=O) groups excluding carboxylic acids is 1. The maximum absolute atomic E-state index is 11.1. The van der Waals surface area contributed by atoms with Crippen LogP contribution >= 0.6 is 0 Å². The molecule has 88 valence electrons. The summed E-state index contributed by atoms with van der Waals surface area (Å²) in [5.41, 5.74) is 3.23. The summed E-state index contributed by atoms with van der Waals surface area (Å²) in [6.45, 7) is 7.52. The van der Waals surface area contributed by atoms with Gasteiger partial charge in [-0.25, -0.2) is 0 Å². The van der Waals surface area contributed by atoms with Crippen molar-refractivity contribution >= 4 is 11.6 Å². The van der Waals surface area contributed by atoms with Crippen LogP contribution in [0.5, 0.6) is 0 Å². The van der Waals surface area contributed by atoms with Gasteiger partial charge in [-0.05, 0) is 31.6 Å². The van der Waals surface area contributed by atoms with Crippen molar-refractivity contribution in [2.45, 2.75) is 27.3 Å². The molecule has 3 nitrogen and oxygen atoms in total. The Hall–Kier alpha value is -1.35. The Labute approximate surface area is 97.5 Å². The molecular weight excluding hydrogens is 200 g/mol. The second-order valence-electron chi connectivity index (χ2n) is 4.12. The molecule has 1 aromatic carbocycles. The molecule has 0 saturated heterocycles. The molecule has 0 aromatic heterocycles. The fraction of sp³-hybridized carbons (Fsp3) is 0.462. The first-order valence-corrected chi connectivity index (χ1v) is 5.59. The van der Waals surface area contributed by atoms with Crippen LogP contribution in [0.3, 0.4) is 0 Å². The first-order chi connectivity index (χ1) is 7.54. The van der Waals surface area contributed by atoms with E-state index in [9.17, 15) is 4.79 Å². The summed E-state index contributed by atoms with van der Waals surface area (Å²) in [5, 5.41) is 2.91. The van der Waals surface area contributed by atoms with Crippen molar-refractivity contribution in [1.29, 1.82) is 0 Å². The summed E-state index contributed by atoms with van der Waals surface area (Å²) >= 11 is 0. The highest BCUT2D eigenvalue weighted by Crippen LogP contribution is 2.21. The third-order valence-electron chi connectivity index (χ3n) is 2.64. The topological polar surface area (TPSA) is 32.3 Å². The molecule has 1 rings (SSSR count). The molecule has 0 unspecified atom stereocenters. The number of rotatable bonds is 4. The summed E-state index contributed by atoms with van der Waals surface area (Å²) in [6, 6.07) is 6.10. The molecular formula is C13H20N2O. The zero-order valence-electron chi connectivity index (χ0n) is 10.5. The number of para-hydroxylation sites is 1. The lowest BCUT2D eigenvalue weighted by Gasteiger charge is -2.18. The highest BCUT2D eigenvalue weighted by atomic mass is 16.1. The molecule has 0 spiro atoms. The summed E-state index contributed by atoms with van der Waals surface area (Å²) < 4.78 is 0. The van der Waals surface area contributed by atoms with Gasteiger partial charge in [0.05, 0.1) is 0 Å². The fourth-order valence-corrected chi connectivity index (χ4v) is 1.62. The van der Waals surface area contributed by atoms with Crippen molar-refractivity contribution in [2.75, 3.05) is 18.9 Å². The summed E-state index contributed by atoms with van der Waals surface area (Å²) in [7, 11) is 2.07. The molecule has 3 heteroatoms. The van der Waals surface area contributed by atoms with Crippen LogP contribution < -0.4 is 5.32 Å². The third-order valence-corrected chi connectivity index (χ3v) is 2.64. The maximum atomic E-state index is 11.1. The lowest BCUT2D eigenvalue weighted by molar-refractivity contribution is -0.114. The Morgan fingerprint density at radius 2 is 2.12 bits per heavy atom. The Balaban J connectivity index is 2.97. The minimum absolute atomic E-state index is 0.0188. The molecule has 0 fully saturated rings. The molecule has 0 aliphatic rings. The van der Waals surface area contributed by atoms with Gasteiger partial charge in [-0.15, -0.1) is 0 Å². The van der Waals surface area contributed by atoms with E-state index in [1.54, 1.807) is 6.92 Å². The van der Waals surface area contributed by atoms with Gasteiger partial charge in [-0.1, -0.05) is 25.1 Å². The normalized spacial score (nSPS) is 10.6. The number of aryl methyl sites for hydroxylation is 1. The van der Waals surface area contributed by atoms with Crippen molar-refractivity contribution < 1.29 is 4.79 Å². The molecule has 16 heavy (non-hydrogen) atoms. The number of benzene rings is 1. The largest absolute Gasteiger partial charge is 0.326 e. The number of anilines is 1. The summed E-state index contributed by atoms with van der Waals surface area (Å²) in [5.74, 6) is -0.0188. The molecule has 0 aliphatic carbocycles. The van der Waals surface area contributed by atoms with Crippen LogP contribution in [0, 0.1) is 6.92 Å². The van der Waals surface area contributed by atoms with Gasteiger partial charge in [-0.3, -0.25) is 4.79 Å². The SMILES string of the molecule is CCN(C)Cc1cccc(C)c1NC(C)=O. The quantitative estimate of drug-likeness (QED) is 0.845. The molecule has 0 aliphatic heterocycles. The lowest BCUT2D eigenvalue weighted by Crippen LogP contribution is -2.19. The standard InChI is InChI=1S/C13H20N2O/c1-5-15(4)9-12-8-6-7-10(2)13(12)14-11(3)16/h6-8H,5,9H2,1-4H3,(H,14,16). The van der Waals surface area contributed by atoms with Gasteiger partial charge in [-0.2, -0.15) is 0 Å².